The number of fused-ring (bicyclic) bond motifs is 1. The fraction of sp³-hybridized carbons (Fsp3) is 0.294. The van der Waals surface area contributed by atoms with Crippen molar-refractivity contribution in [3.63, 3.8) is 0 Å². The van der Waals surface area contributed by atoms with Gasteiger partial charge in [0.15, 0.2) is 0 Å². The van der Waals surface area contributed by atoms with Gasteiger partial charge in [0.25, 0.3) is 11.8 Å². The predicted octanol–water partition coefficient (Wildman–Crippen LogP) is 3.88. The van der Waals surface area contributed by atoms with E-state index in [0.717, 1.165) is 29.7 Å². The Balaban J connectivity index is 1.92. The van der Waals surface area contributed by atoms with Crippen molar-refractivity contribution in [2.24, 2.45) is 11.7 Å². The summed E-state index contributed by atoms with van der Waals surface area (Å²) in [5, 5.41) is 3.96. The number of primary amides is 1. The van der Waals surface area contributed by atoms with Gasteiger partial charge in [-0.2, -0.15) is 0 Å². The Hall–Kier alpha value is -1.85. The van der Waals surface area contributed by atoms with Crippen LogP contribution in [0.4, 0.5) is 5.00 Å². The zero-order chi connectivity index (χ0) is 16.6. The Morgan fingerprint density at radius 2 is 2.00 bits per heavy atom. The van der Waals surface area contributed by atoms with Crippen LogP contribution in [-0.2, 0) is 12.8 Å². The minimum Gasteiger partial charge on any atom is -0.365 e. The van der Waals surface area contributed by atoms with Crippen LogP contribution in [0.25, 0.3) is 0 Å². The van der Waals surface area contributed by atoms with E-state index < -0.39 is 5.91 Å². The first kappa shape index (κ1) is 16.0. The summed E-state index contributed by atoms with van der Waals surface area (Å²) in [4.78, 5) is 25.4. The second-order valence-electron chi connectivity index (χ2n) is 5.88. The van der Waals surface area contributed by atoms with E-state index >= 15 is 0 Å². The van der Waals surface area contributed by atoms with E-state index in [1.165, 1.54) is 11.3 Å². The second-order valence-corrected chi connectivity index (χ2v) is 7.42. The molecule has 1 aliphatic rings. The van der Waals surface area contributed by atoms with E-state index in [-0.39, 0.29) is 5.91 Å². The van der Waals surface area contributed by atoms with Crippen LogP contribution < -0.4 is 11.1 Å². The van der Waals surface area contributed by atoms with Gasteiger partial charge in [-0.1, -0.05) is 18.5 Å². The maximum absolute atomic E-state index is 12.4. The van der Waals surface area contributed by atoms with E-state index in [2.05, 4.69) is 12.2 Å². The lowest BCUT2D eigenvalue weighted by atomic mass is 9.87. The van der Waals surface area contributed by atoms with Crippen molar-refractivity contribution in [3.8, 4) is 0 Å². The first-order chi connectivity index (χ1) is 11.0. The molecule has 1 aromatic heterocycles. The number of nitrogens with two attached hydrogens (primary N) is 1. The molecule has 0 saturated carbocycles. The fourth-order valence-electron chi connectivity index (χ4n) is 2.88. The topological polar surface area (TPSA) is 72.2 Å². The van der Waals surface area contributed by atoms with Gasteiger partial charge in [-0.05, 0) is 55.0 Å². The van der Waals surface area contributed by atoms with E-state index in [4.69, 9.17) is 17.3 Å². The van der Waals surface area contributed by atoms with Crippen molar-refractivity contribution in [2.45, 2.75) is 26.2 Å². The van der Waals surface area contributed by atoms with E-state index in [0.29, 0.717) is 27.1 Å². The molecule has 0 spiro atoms. The van der Waals surface area contributed by atoms with Gasteiger partial charge in [0, 0.05) is 15.5 Å². The van der Waals surface area contributed by atoms with Gasteiger partial charge in [0.1, 0.15) is 5.00 Å². The van der Waals surface area contributed by atoms with Crippen molar-refractivity contribution < 1.29 is 9.59 Å². The largest absolute Gasteiger partial charge is 0.365 e. The Morgan fingerprint density at radius 3 is 2.65 bits per heavy atom. The molecule has 0 radical (unpaired) electrons. The average molecular weight is 349 g/mol. The molecule has 2 amide bonds. The molecule has 0 saturated heterocycles. The van der Waals surface area contributed by atoms with Crippen molar-refractivity contribution >= 4 is 39.8 Å². The van der Waals surface area contributed by atoms with Crippen molar-refractivity contribution in [3.05, 3.63) is 50.9 Å². The number of nitrogens with one attached hydrogen (secondary N) is 1. The molecule has 0 aliphatic heterocycles. The summed E-state index contributed by atoms with van der Waals surface area (Å²) in [5.74, 6) is -0.228. The van der Waals surface area contributed by atoms with Crippen LogP contribution in [0.15, 0.2) is 24.3 Å². The summed E-state index contributed by atoms with van der Waals surface area (Å²) in [6.45, 7) is 2.16. The number of hydrogen-bond donors (Lipinski definition) is 2. The molecule has 1 unspecified atom stereocenters. The molecule has 6 heteroatoms. The third-order valence-electron chi connectivity index (χ3n) is 4.09. The molecule has 1 atom stereocenters. The normalized spacial score (nSPS) is 16.7. The highest BCUT2D eigenvalue weighted by atomic mass is 35.5. The van der Waals surface area contributed by atoms with Crippen molar-refractivity contribution in [1.29, 1.82) is 0 Å². The monoisotopic (exact) mass is 348 g/mol. The molecule has 1 aromatic carbocycles. The molecule has 0 fully saturated rings. The molecule has 1 aliphatic carbocycles. The number of benzene rings is 1. The predicted molar refractivity (Wildman–Crippen MR) is 93.4 cm³/mol. The zero-order valence-electron chi connectivity index (χ0n) is 12.7. The lowest BCUT2D eigenvalue weighted by Gasteiger charge is -2.18. The number of halogens is 1. The van der Waals surface area contributed by atoms with Crippen molar-refractivity contribution in [2.75, 3.05) is 5.32 Å². The Kier molecular flexibility index (Phi) is 4.41. The number of amides is 2. The van der Waals surface area contributed by atoms with Crippen LogP contribution in [0.5, 0.6) is 0 Å². The first-order valence-electron chi connectivity index (χ1n) is 7.47. The van der Waals surface area contributed by atoms with Gasteiger partial charge < -0.3 is 11.1 Å². The third kappa shape index (κ3) is 3.26. The van der Waals surface area contributed by atoms with Crippen LogP contribution in [-0.4, -0.2) is 11.8 Å². The van der Waals surface area contributed by atoms with Crippen LogP contribution in [0, 0.1) is 5.92 Å². The molecule has 3 rings (SSSR count). The number of aryl methyl sites for hydroxylation is 1. The molecule has 0 bridgehead atoms. The number of rotatable bonds is 3. The first-order valence-corrected chi connectivity index (χ1v) is 8.66. The number of carbonyl (C=O) groups excluding carboxylic acids is 2. The quantitative estimate of drug-likeness (QED) is 0.883. The fourth-order valence-corrected chi connectivity index (χ4v) is 4.25. The summed E-state index contributed by atoms with van der Waals surface area (Å²) in [6, 6.07) is 6.62. The number of hydrogen-bond acceptors (Lipinski definition) is 3. The van der Waals surface area contributed by atoms with E-state index in [1.807, 2.05) is 0 Å². The minimum absolute atomic E-state index is 0.268. The highest BCUT2D eigenvalue weighted by Crippen LogP contribution is 2.39. The smallest absolute Gasteiger partial charge is 0.256 e. The molecule has 23 heavy (non-hydrogen) atoms. The molecule has 2 aromatic rings. The molecule has 1 heterocycles. The van der Waals surface area contributed by atoms with E-state index in [9.17, 15) is 9.59 Å². The highest BCUT2D eigenvalue weighted by molar-refractivity contribution is 7.17. The Bertz CT molecular complexity index is 768. The Labute approximate surface area is 143 Å². The summed E-state index contributed by atoms with van der Waals surface area (Å²) < 4.78 is 0. The third-order valence-corrected chi connectivity index (χ3v) is 5.55. The van der Waals surface area contributed by atoms with Gasteiger partial charge in [0.05, 0.1) is 5.56 Å². The highest BCUT2D eigenvalue weighted by Gasteiger charge is 2.27. The van der Waals surface area contributed by atoms with Gasteiger partial charge in [0.2, 0.25) is 0 Å². The SMILES string of the molecule is CC1CCc2sc(NC(=O)c3ccc(Cl)cc3)c(C(N)=O)c2C1. The average Bonchev–Trinajstić information content (AvgIpc) is 2.84. The van der Waals surface area contributed by atoms with Gasteiger partial charge in [-0.25, -0.2) is 0 Å². The maximum Gasteiger partial charge on any atom is 0.256 e. The van der Waals surface area contributed by atoms with Crippen LogP contribution in [0.2, 0.25) is 5.02 Å². The van der Waals surface area contributed by atoms with Gasteiger partial charge >= 0.3 is 0 Å². The summed E-state index contributed by atoms with van der Waals surface area (Å²) in [7, 11) is 0. The molecular formula is C17H17ClN2O2S. The van der Waals surface area contributed by atoms with E-state index in [1.54, 1.807) is 24.3 Å². The molecule has 4 nitrogen and oxygen atoms in total. The molecule has 3 N–H and O–H groups in total. The minimum atomic E-state index is -0.483. The second kappa shape index (κ2) is 6.34. The number of carbonyl (C=O) groups is 2. The summed E-state index contributed by atoms with van der Waals surface area (Å²) >= 11 is 7.29. The van der Waals surface area contributed by atoms with Crippen LogP contribution in [0.1, 0.15) is 44.5 Å². The van der Waals surface area contributed by atoms with Crippen LogP contribution in [0.3, 0.4) is 0 Å². The standard InChI is InChI=1S/C17H17ClN2O2S/c1-9-2-7-13-12(8-9)14(15(19)21)17(23-13)20-16(22)10-3-5-11(18)6-4-10/h3-6,9H,2,7-8H2,1H3,(H2,19,21)(H,20,22). The van der Waals surface area contributed by atoms with Gasteiger partial charge in [-0.3, -0.25) is 9.59 Å². The number of thiophene rings is 1. The number of anilines is 1. The lowest BCUT2D eigenvalue weighted by Crippen LogP contribution is -2.19. The maximum atomic E-state index is 12.4. The molecular weight excluding hydrogens is 332 g/mol. The van der Waals surface area contributed by atoms with Gasteiger partial charge in [-0.15, -0.1) is 11.3 Å². The van der Waals surface area contributed by atoms with Crippen molar-refractivity contribution in [1.82, 2.24) is 0 Å². The zero-order valence-corrected chi connectivity index (χ0v) is 14.3. The Morgan fingerprint density at radius 1 is 1.30 bits per heavy atom. The molecule has 120 valence electrons. The summed E-state index contributed by atoms with van der Waals surface area (Å²) in [6.07, 6.45) is 2.86. The summed E-state index contributed by atoms with van der Waals surface area (Å²) in [5.41, 5.74) is 7.53. The lowest BCUT2D eigenvalue weighted by molar-refractivity contribution is 0.1000. The van der Waals surface area contributed by atoms with Crippen LogP contribution >= 0.6 is 22.9 Å².